The average Bonchev–Trinajstić information content (AvgIpc) is 2.71. The van der Waals surface area contributed by atoms with Crippen LogP contribution in [0.5, 0.6) is 11.5 Å². The van der Waals surface area contributed by atoms with Gasteiger partial charge in [0.05, 0.1) is 33.6 Å². The number of anilines is 1. The van der Waals surface area contributed by atoms with E-state index in [0.29, 0.717) is 18.0 Å². The number of hydrogen-bond acceptors (Lipinski definition) is 4. The first-order valence-corrected chi connectivity index (χ1v) is 9.12. The van der Waals surface area contributed by atoms with Crippen molar-refractivity contribution in [3.63, 3.8) is 0 Å². The summed E-state index contributed by atoms with van der Waals surface area (Å²) >= 11 is 3.56. The van der Waals surface area contributed by atoms with Crippen LogP contribution < -0.4 is 14.4 Å². The van der Waals surface area contributed by atoms with E-state index in [-0.39, 0.29) is 0 Å². The van der Waals surface area contributed by atoms with Gasteiger partial charge in [0, 0.05) is 9.86 Å². The summed E-state index contributed by atoms with van der Waals surface area (Å²) < 4.78 is 16.6. The molecule has 5 nitrogen and oxygen atoms in total. The number of ether oxygens (including phenoxy) is 3. The molecule has 140 valence electrons. The summed E-state index contributed by atoms with van der Waals surface area (Å²) in [6, 6.07) is 17.5. The number of halogens is 1. The molecule has 0 unspecified atom stereocenters. The normalized spacial score (nSPS) is 10.5. The van der Waals surface area contributed by atoms with Crippen molar-refractivity contribution in [2.24, 2.45) is 0 Å². The first-order valence-electron chi connectivity index (χ1n) is 8.32. The van der Waals surface area contributed by atoms with Gasteiger partial charge in [-0.2, -0.15) is 0 Å². The number of methoxy groups -OCH3 is 3. The standard InChI is InChI=1S/C21H20BrNO4/c1-25-19-11-15(17(22)12-20(19)26-2)13-23(21(24)27-3)18-10-6-8-14-7-4-5-9-16(14)18/h4-12H,13H2,1-3H3. The van der Waals surface area contributed by atoms with E-state index in [1.54, 1.807) is 19.1 Å². The fourth-order valence-corrected chi connectivity index (χ4v) is 3.44. The predicted octanol–water partition coefficient (Wildman–Crippen LogP) is 5.39. The zero-order valence-electron chi connectivity index (χ0n) is 15.4. The Morgan fingerprint density at radius 2 is 1.63 bits per heavy atom. The minimum Gasteiger partial charge on any atom is -0.493 e. The third kappa shape index (κ3) is 3.85. The summed E-state index contributed by atoms with van der Waals surface area (Å²) in [5, 5.41) is 2.03. The van der Waals surface area contributed by atoms with E-state index in [4.69, 9.17) is 14.2 Å². The molecule has 0 fully saturated rings. The second-order valence-corrected chi connectivity index (χ2v) is 6.71. The number of hydrogen-bond donors (Lipinski definition) is 0. The molecule has 3 rings (SSSR count). The van der Waals surface area contributed by atoms with E-state index in [1.165, 1.54) is 7.11 Å². The van der Waals surface area contributed by atoms with Crippen LogP contribution in [0.1, 0.15) is 5.56 Å². The molecule has 1 amide bonds. The number of nitrogens with zero attached hydrogens (tertiary/aromatic N) is 1. The topological polar surface area (TPSA) is 48.0 Å². The number of carbonyl (C=O) groups excluding carboxylic acids is 1. The molecule has 0 heterocycles. The number of rotatable bonds is 5. The molecule has 0 aliphatic carbocycles. The number of fused-ring (bicyclic) bond motifs is 1. The van der Waals surface area contributed by atoms with Gasteiger partial charge < -0.3 is 14.2 Å². The minimum absolute atomic E-state index is 0.307. The first-order chi connectivity index (χ1) is 13.1. The highest BCUT2D eigenvalue weighted by Gasteiger charge is 2.21. The Hall–Kier alpha value is -2.73. The van der Waals surface area contributed by atoms with Gasteiger partial charge in [0.25, 0.3) is 0 Å². The molecule has 0 N–H and O–H groups in total. The second-order valence-electron chi connectivity index (χ2n) is 5.85. The van der Waals surface area contributed by atoms with Crippen LogP contribution in [0.15, 0.2) is 59.1 Å². The molecular weight excluding hydrogens is 410 g/mol. The number of benzene rings is 3. The van der Waals surface area contributed by atoms with Crippen molar-refractivity contribution in [2.75, 3.05) is 26.2 Å². The third-order valence-corrected chi connectivity index (χ3v) is 5.07. The summed E-state index contributed by atoms with van der Waals surface area (Å²) in [6.45, 7) is 0.307. The van der Waals surface area contributed by atoms with Crippen molar-refractivity contribution in [1.82, 2.24) is 0 Å². The summed E-state index contributed by atoms with van der Waals surface area (Å²) in [5.41, 5.74) is 1.65. The van der Waals surface area contributed by atoms with Gasteiger partial charge in [0.1, 0.15) is 0 Å². The highest BCUT2D eigenvalue weighted by Crippen LogP contribution is 2.35. The molecule has 0 aliphatic heterocycles. The Balaban J connectivity index is 2.08. The molecule has 0 aromatic heterocycles. The number of carbonyl (C=O) groups is 1. The smallest absolute Gasteiger partial charge is 0.414 e. The molecule has 3 aromatic carbocycles. The Bertz CT molecular complexity index is 968. The molecule has 0 spiro atoms. The maximum absolute atomic E-state index is 12.6. The van der Waals surface area contributed by atoms with Crippen molar-refractivity contribution in [2.45, 2.75) is 6.54 Å². The molecule has 6 heteroatoms. The van der Waals surface area contributed by atoms with E-state index in [9.17, 15) is 4.79 Å². The maximum Gasteiger partial charge on any atom is 0.414 e. The van der Waals surface area contributed by atoms with Gasteiger partial charge in [0.2, 0.25) is 0 Å². The van der Waals surface area contributed by atoms with Crippen LogP contribution in [0.2, 0.25) is 0 Å². The van der Waals surface area contributed by atoms with E-state index in [0.717, 1.165) is 26.5 Å². The minimum atomic E-state index is -0.437. The molecular formula is C21H20BrNO4. The van der Waals surface area contributed by atoms with Crippen LogP contribution in [-0.4, -0.2) is 27.4 Å². The molecule has 0 saturated carbocycles. The van der Waals surface area contributed by atoms with Crippen molar-refractivity contribution in [3.05, 3.63) is 64.6 Å². The molecule has 0 atom stereocenters. The van der Waals surface area contributed by atoms with Gasteiger partial charge in [0.15, 0.2) is 11.5 Å². The lowest BCUT2D eigenvalue weighted by Crippen LogP contribution is -2.30. The fourth-order valence-electron chi connectivity index (χ4n) is 2.99. The van der Waals surface area contributed by atoms with E-state index in [1.807, 2.05) is 54.6 Å². The van der Waals surface area contributed by atoms with Gasteiger partial charge in [-0.05, 0) is 29.1 Å². The molecule has 0 radical (unpaired) electrons. The van der Waals surface area contributed by atoms with Crippen molar-refractivity contribution >= 4 is 38.5 Å². The first kappa shape index (κ1) is 19.0. The SMILES string of the molecule is COC(=O)N(Cc1cc(OC)c(OC)cc1Br)c1cccc2ccccc12. The Morgan fingerprint density at radius 3 is 2.33 bits per heavy atom. The van der Waals surface area contributed by atoms with Crippen LogP contribution in [0.4, 0.5) is 10.5 Å². The quantitative estimate of drug-likeness (QED) is 0.545. The average molecular weight is 430 g/mol. The summed E-state index contributed by atoms with van der Waals surface area (Å²) in [5.74, 6) is 1.21. The van der Waals surface area contributed by atoms with Gasteiger partial charge in [-0.3, -0.25) is 4.90 Å². The molecule has 3 aromatic rings. The van der Waals surface area contributed by atoms with Crippen LogP contribution >= 0.6 is 15.9 Å². The fraction of sp³-hybridized carbons (Fsp3) is 0.190. The third-order valence-electron chi connectivity index (χ3n) is 4.33. The summed E-state index contributed by atoms with van der Waals surface area (Å²) in [7, 11) is 4.54. The molecule has 0 aliphatic rings. The highest BCUT2D eigenvalue weighted by molar-refractivity contribution is 9.10. The maximum atomic E-state index is 12.6. The molecule has 0 saturated heterocycles. The Morgan fingerprint density at radius 1 is 0.963 bits per heavy atom. The van der Waals surface area contributed by atoms with E-state index >= 15 is 0 Å². The second kappa shape index (κ2) is 8.31. The lowest BCUT2D eigenvalue weighted by atomic mass is 10.1. The highest BCUT2D eigenvalue weighted by atomic mass is 79.9. The Kier molecular flexibility index (Phi) is 5.86. The predicted molar refractivity (Wildman–Crippen MR) is 110 cm³/mol. The summed E-state index contributed by atoms with van der Waals surface area (Å²) in [6.07, 6.45) is -0.437. The van der Waals surface area contributed by atoms with Gasteiger partial charge in [-0.15, -0.1) is 0 Å². The van der Waals surface area contributed by atoms with Crippen LogP contribution in [0.25, 0.3) is 10.8 Å². The zero-order chi connectivity index (χ0) is 19.4. The monoisotopic (exact) mass is 429 g/mol. The van der Waals surface area contributed by atoms with Gasteiger partial charge in [-0.25, -0.2) is 4.79 Å². The largest absolute Gasteiger partial charge is 0.493 e. The van der Waals surface area contributed by atoms with Gasteiger partial charge >= 0.3 is 6.09 Å². The van der Waals surface area contributed by atoms with Crippen LogP contribution in [0.3, 0.4) is 0 Å². The summed E-state index contributed by atoms with van der Waals surface area (Å²) in [4.78, 5) is 14.2. The van der Waals surface area contributed by atoms with Crippen molar-refractivity contribution in [3.8, 4) is 11.5 Å². The number of amides is 1. The van der Waals surface area contributed by atoms with Crippen LogP contribution in [-0.2, 0) is 11.3 Å². The van der Waals surface area contributed by atoms with E-state index in [2.05, 4.69) is 15.9 Å². The lowest BCUT2D eigenvalue weighted by molar-refractivity contribution is 0.178. The lowest BCUT2D eigenvalue weighted by Gasteiger charge is -2.24. The van der Waals surface area contributed by atoms with Crippen molar-refractivity contribution in [1.29, 1.82) is 0 Å². The van der Waals surface area contributed by atoms with Gasteiger partial charge in [-0.1, -0.05) is 52.3 Å². The molecule has 0 bridgehead atoms. The van der Waals surface area contributed by atoms with E-state index < -0.39 is 6.09 Å². The Labute approximate surface area is 166 Å². The zero-order valence-corrected chi connectivity index (χ0v) is 16.9. The molecule has 27 heavy (non-hydrogen) atoms. The van der Waals surface area contributed by atoms with Crippen molar-refractivity contribution < 1.29 is 19.0 Å². The van der Waals surface area contributed by atoms with Crippen LogP contribution in [0, 0.1) is 0 Å².